The molecule has 0 spiro atoms. The quantitative estimate of drug-likeness (QED) is 0.798. The van der Waals surface area contributed by atoms with Gasteiger partial charge in [0.15, 0.2) is 8.32 Å². The molecule has 1 aromatic heterocycles. The van der Waals surface area contributed by atoms with Crippen LogP contribution in [-0.4, -0.2) is 19.5 Å². The van der Waals surface area contributed by atoms with E-state index in [0.29, 0.717) is 6.61 Å². The molecule has 0 saturated heterocycles. The zero-order valence-electron chi connectivity index (χ0n) is 13.6. The first kappa shape index (κ1) is 15.5. The lowest BCUT2D eigenvalue weighted by molar-refractivity contribution is 0.157. The van der Waals surface area contributed by atoms with Crippen LogP contribution in [0.15, 0.2) is 23.0 Å². The molecule has 0 aromatic carbocycles. The highest BCUT2D eigenvalue weighted by molar-refractivity contribution is 6.74. The highest BCUT2D eigenvalue weighted by Crippen LogP contribution is 2.39. The summed E-state index contributed by atoms with van der Waals surface area (Å²) in [6.45, 7) is 14.1. The van der Waals surface area contributed by atoms with E-state index in [1.165, 1.54) is 0 Å². The van der Waals surface area contributed by atoms with Gasteiger partial charge in [-0.05, 0) is 44.0 Å². The summed E-state index contributed by atoms with van der Waals surface area (Å²) in [6.07, 6.45) is 1.95. The third kappa shape index (κ3) is 2.63. The molecule has 2 rings (SSSR count). The van der Waals surface area contributed by atoms with Crippen molar-refractivity contribution in [3.05, 3.63) is 34.2 Å². The van der Waals surface area contributed by atoms with Crippen molar-refractivity contribution in [2.45, 2.75) is 64.2 Å². The van der Waals surface area contributed by atoms with Gasteiger partial charge in [0, 0.05) is 11.8 Å². The van der Waals surface area contributed by atoms with Crippen LogP contribution in [0.1, 0.15) is 39.8 Å². The maximum atomic E-state index is 12.2. The van der Waals surface area contributed by atoms with Crippen LogP contribution < -0.4 is 5.56 Å². The van der Waals surface area contributed by atoms with Gasteiger partial charge < -0.3 is 8.99 Å². The van der Waals surface area contributed by atoms with Gasteiger partial charge in [-0.3, -0.25) is 4.79 Å². The fourth-order valence-corrected chi connectivity index (χ4v) is 3.64. The summed E-state index contributed by atoms with van der Waals surface area (Å²) in [4.78, 5) is 12.2. The van der Waals surface area contributed by atoms with Crippen molar-refractivity contribution in [3.8, 4) is 0 Å². The van der Waals surface area contributed by atoms with Crippen LogP contribution in [0.4, 0.5) is 0 Å². The molecule has 1 aliphatic heterocycles. The summed E-state index contributed by atoms with van der Waals surface area (Å²) in [6, 6.07) is 5.56. The SMILES string of the molecule is CC1(CO[Si](C)(C)C(C)(C)C)CCc2cccc(=O)n21. The molecule has 0 amide bonds. The second kappa shape index (κ2) is 4.85. The Morgan fingerprint density at radius 3 is 2.60 bits per heavy atom. The largest absolute Gasteiger partial charge is 0.414 e. The molecule has 4 heteroatoms. The summed E-state index contributed by atoms with van der Waals surface area (Å²) in [5.74, 6) is 0. The van der Waals surface area contributed by atoms with Crippen LogP contribution in [0, 0.1) is 0 Å². The molecule has 0 radical (unpaired) electrons. The van der Waals surface area contributed by atoms with Crippen molar-refractivity contribution in [1.29, 1.82) is 0 Å². The van der Waals surface area contributed by atoms with Crippen molar-refractivity contribution in [3.63, 3.8) is 0 Å². The monoisotopic (exact) mass is 293 g/mol. The lowest BCUT2D eigenvalue weighted by Crippen LogP contribution is -2.47. The summed E-state index contributed by atoms with van der Waals surface area (Å²) in [5.41, 5.74) is 1.04. The van der Waals surface area contributed by atoms with E-state index in [1.54, 1.807) is 6.07 Å². The summed E-state index contributed by atoms with van der Waals surface area (Å²) >= 11 is 0. The molecule has 1 atom stereocenters. The number of aryl methyl sites for hydroxylation is 1. The number of rotatable bonds is 3. The van der Waals surface area contributed by atoms with Crippen molar-refractivity contribution in [2.75, 3.05) is 6.61 Å². The highest BCUT2D eigenvalue weighted by Gasteiger charge is 2.41. The fourth-order valence-electron chi connectivity index (χ4n) is 2.54. The van der Waals surface area contributed by atoms with Crippen molar-refractivity contribution in [1.82, 2.24) is 4.57 Å². The van der Waals surface area contributed by atoms with E-state index in [0.717, 1.165) is 18.5 Å². The van der Waals surface area contributed by atoms with Gasteiger partial charge in [-0.1, -0.05) is 26.8 Å². The van der Waals surface area contributed by atoms with Gasteiger partial charge in [0.1, 0.15) is 0 Å². The van der Waals surface area contributed by atoms with E-state index in [2.05, 4.69) is 46.9 Å². The zero-order chi connectivity index (χ0) is 15.2. The Balaban J connectivity index is 2.23. The molecule has 0 bridgehead atoms. The predicted octanol–water partition coefficient (Wildman–Crippen LogP) is 3.53. The third-order valence-corrected chi connectivity index (χ3v) is 9.52. The lowest BCUT2D eigenvalue weighted by Gasteiger charge is -2.39. The molecule has 20 heavy (non-hydrogen) atoms. The predicted molar refractivity (Wildman–Crippen MR) is 85.8 cm³/mol. The average Bonchev–Trinajstić information content (AvgIpc) is 2.66. The van der Waals surface area contributed by atoms with E-state index in [4.69, 9.17) is 4.43 Å². The number of hydrogen-bond donors (Lipinski definition) is 0. The summed E-state index contributed by atoms with van der Waals surface area (Å²) in [5, 5.41) is 0.201. The van der Waals surface area contributed by atoms with E-state index in [1.807, 2.05) is 10.6 Å². The zero-order valence-corrected chi connectivity index (χ0v) is 14.6. The Bertz CT molecular complexity index is 556. The molecule has 0 N–H and O–H groups in total. The maximum absolute atomic E-state index is 12.2. The van der Waals surface area contributed by atoms with Gasteiger partial charge in [0.05, 0.1) is 12.1 Å². The van der Waals surface area contributed by atoms with Gasteiger partial charge in [-0.25, -0.2) is 0 Å². The molecular formula is C16H27NO2Si. The Morgan fingerprint density at radius 2 is 2.00 bits per heavy atom. The van der Waals surface area contributed by atoms with Gasteiger partial charge in [-0.2, -0.15) is 0 Å². The first-order valence-corrected chi connectivity index (χ1v) is 10.3. The molecule has 0 aliphatic carbocycles. The van der Waals surface area contributed by atoms with Crippen molar-refractivity contribution in [2.24, 2.45) is 0 Å². The van der Waals surface area contributed by atoms with Gasteiger partial charge in [-0.15, -0.1) is 0 Å². The highest BCUT2D eigenvalue weighted by atomic mass is 28.4. The molecule has 0 fully saturated rings. The van der Waals surface area contributed by atoms with Gasteiger partial charge >= 0.3 is 0 Å². The second-order valence-electron chi connectivity index (χ2n) is 7.74. The van der Waals surface area contributed by atoms with Gasteiger partial charge in [0.2, 0.25) is 0 Å². The summed E-state index contributed by atoms with van der Waals surface area (Å²) in [7, 11) is -1.77. The summed E-state index contributed by atoms with van der Waals surface area (Å²) < 4.78 is 8.32. The van der Waals surface area contributed by atoms with Crippen LogP contribution in [-0.2, 0) is 16.4 Å². The normalized spacial score (nSPS) is 22.9. The van der Waals surface area contributed by atoms with E-state index >= 15 is 0 Å². The second-order valence-corrected chi connectivity index (χ2v) is 12.5. The molecule has 1 aliphatic rings. The molecule has 0 saturated carbocycles. The van der Waals surface area contributed by atoms with Crippen LogP contribution in [0.2, 0.25) is 18.1 Å². The van der Waals surface area contributed by atoms with E-state index in [-0.39, 0.29) is 16.1 Å². The first-order chi connectivity index (χ1) is 9.07. The van der Waals surface area contributed by atoms with Crippen LogP contribution >= 0.6 is 0 Å². The number of pyridine rings is 1. The number of aromatic nitrogens is 1. The minimum Gasteiger partial charge on any atom is -0.414 e. The fraction of sp³-hybridized carbons (Fsp3) is 0.688. The first-order valence-electron chi connectivity index (χ1n) is 7.42. The van der Waals surface area contributed by atoms with Crippen LogP contribution in [0.5, 0.6) is 0 Å². The van der Waals surface area contributed by atoms with Crippen LogP contribution in [0.25, 0.3) is 0 Å². The van der Waals surface area contributed by atoms with Crippen molar-refractivity contribution < 1.29 is 4.43 Å². The molecule has 1 aromatic rings. The van der Waals surface area contributed by atoms with E-state index < -0.39 is 8.32 Å². The number of hydrogen-bond acceptors (Lipinski definition) is 2. The smallest absolute Gasteiger partial charge is 0.251 e. The van der Waals surface area contributed by atoms with Gasteiger partial charge in [0.25, 0.3) is 5.56 Å². The topological polar surface area (TPSA) is 31.2 Å². The Kier molecular flexibility index (Phi) is 3.76. The van der Waals surface area contributed by atoms with Crippen molar-refractivity contribution >= 4 is 8.32 Å². The Labute approximate surface area is 123 Å². The minimum atomic E-state index is -1.77. The average molecular weight is 293 g/mol. The Morgan fingerprint density at radius 1 is 1.35 bits per heavy atom. The Hall–Kier alpha value is -0.873. The third-order valence-electron chi connectivity index (χ3n) is 5.04. The maximum Gasteiger partial charge on any atom is 0.251 e. The molecule has 1 unspecified atom stereocenters. The number of fused-ring (bicyclic) bond motifs is 1. The molecule has 112 valence electrons. The molecular weight excluding hydrogens is 266 g/mol. The standard InChI is InChI=1S/C16H27NO2Si/c1-15(2,3)20(5,6)19-12-16(4)11-10-13-8-7-9-14(18)17(13)16/h7-9H,10-12H2,1-6H3. The molecule has 3 nitrogen and oxygen atoms in total. The minimum absolute atomic E-state index is 0.0985. The number of nitrogens with zero attached hydrogens (tertiary/aromatic N) is 1. The van der Waals surface area contributed by atoms with Crippen LogP contribution in [0.3, 0.4) is 0 Å². The molecule has 2 heterocycles. The lowest BCUT2D eigenvalue weighted by atomic mass is 10.0. The van der Waals surface area contributed by atoms with E-state index in [9.17, 15) is 4.79 Å².